The average molecular weight is 309 g/mol. The van der Waals surface area contributed by atoms with Crippen LogP contribution in [0.3, 0.4) is 0 Å². The van der Waals surface area contributed by atoms with Gasteiger partial charge in [-0.1, -0.05) is 0 Å². The van der Waals surface area contributed by atoms with Crippen LogP contribution >= 0.6 is 0 Å². The Labute approximate surface area is 79.4 Å². The summed E-state index contributed by atoms with van der Waals surface area (Å²) in [5.41, 5.74) is 0. The number of carbonyl (C=O) groups is 2. The standard InChI is InChI=1S/C4H6O3.3FH.Sm/c1-3(5)7-4(2)6;;;;/h1-2H3;3*1H;/q;;;;+3/p-3. The fourth-order valence-electron chi connectivity index (χ4n) is 0.202. The monoisotopic (exact) mass is 311 g/mol. The predicted octanol–water partition coefficient (Wildman–Crippen LogP) is 1.36. The van der Waals surface area contributed by atoms with Crippen molar-refractivity contribution in [2.75, 3.05) is 0 Å². The quantitative estimate of drug-likeness (QED) is 0.501. The van der Waals surface area contributed by atoms with E-state index in [9.17, 15) is 12.8 Å². The van der Waals surface area contributed by atoms with Gasteiger partial charge in [0.1, 0.15) is 0 Å². The van der Waals surface area contributed by atoms with Crippen molar-refractivity contribution in [1.82, 2.24) is 0 Å². The van der Waals surface area contributed by atoms with Crippen LogP contribution in [0.4, 0.5) is 3.19 Å². The van der Waals surface area contributed by atoms with E-state index in [-0.39, 0.29) is 0 Å². The molecule has 0 saturated heterocycles. The summed E-state index contributed by atoms with van der Waals surface area (Å²) in [6.45, 7) is 2.36. The molecule has 0 N–H and O–H groups in total. The molecule has 0 amide bonds. The molecule has 3 nitrogen and oxygen atoms in total. The van der Waals surface area contributed by atoms with Crippen LogP contribution in [0.1, 0.15) is 13.8 Å². The normalized spacial score (nSPS) is 8.18. The molecule has 0 unspecified atom stereocenters. The molecule has 0 aliphatic heterocycles. The van der Waals surface area contributed by atoms with Crippen molar-refractivity contribution < 1.29 is 54.2 Å². The van der Waals surface area contributed by atoms with Crippen molar-refractivity contribution in [2.24, 2.45) is 0 Å². The zero-order chi connectivity index (χ0) is 9.44. The minimum absolute atomic E-state index is 0.562. The third kappa shape index (κ3) is 38.5. The van der Waals surface area contributed by atoms with Crippen LogP contribution in [0.25, 0.3) is 0 Å². The molecule has 0 aromatic heterocycles. The van der Waals surface area contributed by atoms with Gasteiger partial charge in [0.25, 0.3) is 0 Å². The molecule has 0 radical (unpaired) electrons. The number of halogens is 3. The Balaban J connectivity index is 0. The van der Waals surface area contributed by atoms with Crippen LogP contribution in [-0.2, 0) is 14.3 Å². The molecular formula is C4H6F3O3Sm. The number of rotatable bonds is 0. The van der Waals surface area contributed by atoms with Gasteiger partial charge in [0.05, 0.1) is 0 Å². The second-order valence-electron chi connectivity index (χ2n) is 1.26. The Kier molecular flexibility index (Phi) is 10.5. The Morgan fingerprint density at radius 3 is 1.27 bits per heavy atom. The van der Waals surface area contributed by atoms with Crippen LogP contribution in [0.2, 0.25) is 0 Å². The minimum atomic E-state index is -5.03. The van der Waals surface area contributed by atoms with Crippen molar-refractivity contribution in [3.8, 4) is 0 Å². The van der Waals surface area contributed by atoms with Crippen LogP contribution in [0, 0.1) is 36.7 Å². The molecular weight excluding hydrogens is 303 g/mol. The number of hydrogen-bond donors (Lipinski definition) is 0. The molecule has 0 spiro atoms. The van der Waals surface area contributed by atoms with E-state index >= 15 is 0 Å². The molecule has 7 heteroatoms. The zero-order valence-electron chi connectivity index (χ0n) is 5.77. The fraction of sp³-hybridized carbons (Fsp3) is 0.500. The summed E-state index contributed by atoms with van der Waals surface area (Å²) in [6.07, 6.45) is 0. The van der Waals surface area contributed by atoms with E-state index in [2.05, 4.69) is 4.74 Å². The van der Waals surface area contributed by atoms with Crippen molar-refractivity contribution in [2.45, 2.75) is 13.8 Å². The SMILES string of the molecule is CC(=O)OC(C)=O.[F][Sm]([F])[F]. The number of carbonyl (C=O) groups excluding carboxylic acids is 2. The summed E-state index contributed by atoms with van der Waals surface area (Å²) in [5, 5.41) is 0. The molecule has 0 saturated carbocycles. The van der Waals surface area contributed by atoms with Crippen molar-refractivity contribution >= 4 is 11.9 Å². The zero-order valence-corrected chi connectivity index (χ0v) is 8.39. The molecule has 0 bridgehead atoms. The first-order valence-electron chi connectivity index (χ1n) is 2.28. The summed E-state index contributed by atoms with van der Waals surface area (Å²) in [4.78, 5) is 19.6. The van der Waals surface area contributed by atoms with E-state index in [0.29, 0.717) is 0 Å². The summed E-state index contributed by atoms with van der Waals surface area (Å²) in [5.74, 6) is -1.12. The summed E-state index contributed by atoms with van der Waals surface area (Å²) >= 11 is -5.03. The summed E-state index contributed by atoms with van der Waals surface area (Å²) < 4.78 is 33.6. The Bertz CT molecular complexity index is 124. The molecule has 0 heterocycles. The van der Waals surface area contributed by atoms with E-state index in [4.69, 9.17) is 0 Å². The number of hydrogen-bond acceptors (Lipinski definition) is 3. The topological polar surface area (TPSA) is 43.4 Å². The summed E-state index contributed by atoms with van der Waals surface area (Å²) in [7, 11) is 0. The third-order valence-electron chi connectivity index (χ3n) is 0.287. The van der Waals surface area contributed by atoms with E-state index in [1.165, 1.54) is 13.8 Å². The molecule has 0 rings (SSSR count). The van der Waals surface area contributed by atoms with Gasteiger partial charge in [0.15, 0.2) is 0 Å². The second-order valence-corrected chi connectivity index (χ2v) is 2.38. The summed E-state index contributed by atoms with van der Waals surface area (Å²) in [6, 6.07) is 0. The maximum atomic E-state index is 9.86. The predicted molar refractivity (Wildman–Crippen MR) is 25.8 cm³/mol. The van der Waals surface area contributed by atoms with Gasteiger partial charge < -0.3 is 4.74 Å². The molecule has 0 fully saturated rings. The van der Waals surface area contributed by atoms with Gasteiger partial charge >= 0.3 is 51.8 Å². The van der Waals surface area contributed by atoms with Gasteiger partial charge in [-0.05, 0) is 0 Å². The van der Waals surface area contributed by atoms with Gasteiger partial charge in [0.2, 0.25) is 0 Å². The average Bonchev–Trinajstić information content (AvgIpc) is 1.56. The first-order valence-corrected chi connectivity index (χ1v) is 5.25. The van der Waals surface area contributed by atoms with Gasteiger partial charge in [-0.3, -0.25) is 9.59 Å². The molecule has 0 aromatic carbocycles. The number of ether oxygens (including phenoxy) is 1. The first-order chi connectivity index (χ1) is 4.86. The fourth-order valence-corrected chi connectivity index (χ4v) is 0.202. The molecule has 11 heavy (non-hydrogen) atoms. The van der Waals surface area contributed by atoms with Crippen LogP contribution in [-0.4, -0.2) is 11.9 Å². The third-order valence-corrected chi connectivity index (χ3v) is 0.287. The van der Waals surface area contributed by atoms with Crippen LogP contribution in [0.15, 0.2) is 0 Å². The van der Waals surface area contributed by atoms with E-state index < -0.39 is 48.6 Å². The van der Waals surface area contributed by atoms with Crippen LogP contribution < -0.4 is 0 Å². The molecule has 0 atom stereocenters. The Hall–Kier alpha value is 0.268. The molecule has 0 aliphatic rings. The van der Waals surface area contributed by atoms with Gasteiger partial charge in [-0.2, -0.15) is 0 Å². The van der Waals surface area contributed by atoms with Crippen molar-refractivity contribution in [3.05, 3.63) is 0 Å². The first kappa shape index (κ1) is 13.8. The maximum absolute atomic E-state index is 9.86. The molecule has 0 aliphatic carbocycles. The van der Waals surface area contributed by atoms with Gasteiger partial charge in [0, 0.05) is 13.8 Å². The number of esters is 2. The van der Waals surface area contributed by atoms with Crippen LogP contribution in [0.5, 0.6) is 0 Å². The van der Waals surface area contributed by atoms with Crippen molar-refractivity contribution in [3.63, 3.8) is 0 Å². The van der Waals surface area contributed by atoms with E-state index in [1.807, 2.05) is 0 Å². The Morgan fingerprint density at radius 2 is 1.27 bits per heavy atom. The Morgan fingerprint density at radius 1 is 1.09 bits per heavy atom. The van der Waals surface area contributed by atoms with Gasteiger partial charge in [-0.25, -0.2) is 0 Å². The van der Waals surface area contributed by atoms with E-state index in [1.54, 1.807) is 0 Å². The van der Waals surface area contributed by atoms with Gasteiger partial charge in [-0.15, -0.1) is 0 Å². The van der Waals surface area contributed by atoms with E-state index in [0.717, 1.165) is 0 Å². The second kappa shape index (κ2) is 8.37. The molecule has 67 valence electrons. The van der Waals surface area contributed by atoms with Crippen molar-refractivity contribution in [1.29, 1.82) is 0 Å². The molecule has 0 aromatic rings.